The molecule has 17 heavy (non-hydrogen) atoms. The molecule has 0 bridgehead atoms. The van der Waals surface area contributed by atoms with Gasteiger partial charge in [0.05, 0.1) is 0 Å². The lowest BCUT2D eigenvalue weighted by atomic mass is 10.1. The fraction of sp³-hybridized carbons (Fsp3) is 0.133. The summed E-state index contributed by atoms with van der Waals surface area (Å²) >= 11 is 1.64. The average molecular weight is 241 g/mol. The summed E-state index contributed by atoms with van der Waals surface area (Å²) in [5.41, 5.74) is 2.55. The molecule has 0 aliphatic carbocycles. The predicted octanol–water partition coefficient (Wildman–Crippen LogP) is 4.46. The highest BCUT2D eigenvalue weighted by atomic mass is 32.2. The molecule has 2 heteroatoms. The van der Waals surface area contributed by atoms with Crippen LogP contribution in [0.2, 0.25) is 0 Å². The topological polar surface area (TPSA) is 12.4 Å². The minimum Gasteiger partial charge on any atom is -0.229 e. The summed E-state index contributed by atoms with van der Waals surface area (Å²) in [4.78, 5) is 0. The summed E-state index contributed by atoms with van der Waals surface area (Å²) in [6, 6.07) is 20.8. The molecular weight excluding hydrogens is 226 g/mol. The fourth-order valence-corrected chi connectivity index (χ4v) is 2.05. The first-order chi connectivity index (χ1) is 8.47. The third kappa shape index (κ3) is 4.08. The maximum absolute atomic E-state index is 3.88. The van der Waals surface area contributed by atoms with Crippen LogP contribution in [0.5, 0.6) is 0 Å². The van der Waals surface area contributed by atoms with Gasteiger partial charge in [-0.3, -0.25) is 0 Å². The van der Waals surface area contributed by atoms with Crippen LogP contribution in [-0.4, -0.2) is 12.0 Å². The van der Waals surface area contributed by atoms with E-state index >= 15 is 0 Å². The summed E-state index contributed by atoms with van der Waals surface area (Å²) < 4.78 is 3.88. The van der Waals surface area contributed by atoms with Crippen LogP contribution >= 0.6 is 11.9 Å². The predicted molar refractivity (Wildman–Crippen MR) is 77.4 cm³/mol. The first-order valence-electron chi connectivity index (χ1n) is 5.71. The monoisotopic (exact) mass is 241 g/mol. The van der Waals surface area contributed by atoms with E-state index in [9.17, 15) is 0 Å². The van der Waals surface area contributed by atoms with Gasteiger partial charge in [0.1, 0.15) is 0 Å². The van der Waals surface area contributed by atoms with Crippen LogP contribution in [0.4, 0.5) is 0 Å². The van der Waals surface area contributed by atoms with Crippen LogP contribution in [0.3, 0.4) is 0 Å². The molecule has 2 aromatic rings. The van der Waals surface area contributed by atoms with E-state index in [1.54, 1.807) is 11.9 Å². The van der Waals surface area contributed by atoms with Gasteiger partial charge in [-0.25, -0.2) is 4.40 Å². The Morgan fingerprint density at radius 3 is 1.59 bits per heavy atom. The molecule has 0 fully saturated rings. The molecule has 0 radical (unpaired) electrons. The van der Waals surface area contributed by atoms with Gasteiger partial charge in [-0.15, -0.1) is 0 Å². The Balaban J connectivity index is 0.000000181. The molecule has 3 rings (SSSR count). The van der Waals surface area contributed by atoms with Crippen molar-refractivity contribution in [3.8, 4) is 11.1 Å². The number of hydrogen-bond donors (Lipinski definition) is 0. The Morgan fingerprint density at radius 2 is 1.29 bits per heavy atom. The van der Waals surface area contributed by atoms with Crippen molar-refractivity contribution in [3.63, 3.8) is 0 Å². The lowest BCUT2D eigenvalue weighted by Gasteiger charge is -1.98. The molecule has 0 aromatic heterocycles. The third-order valence-corrected chi connectivity index (χ3v) is 3.08. The van der Waals surface area contributed by atoms with Gasteiger partial charge in [-0.2, -0.15) is 0 Å². The van der Waals surface area contributed by atoms with Crippen LogP contribution in [0.1, 0.15) is 6.42 Å². The van der Waals surface area contributed by atoms with Crippen LogP contribution in [0.25, 0.3) is 11.1 Å². The summed E-state index contributed by atoms with van der Waals surface area (Å²) in [6.07, 6.45) is 3.12. The van der Waals surface area contributed by atoms with Gasteiger partial charge in [0.2, 0.25) is 0 Å². The van der Waals surface area contributed by atoms with E-state index < -0.39 is 0 Å². The highest BCUT2D eigenvalue weighted by Gasteiger charge is 1.91. The minimum atomic E-state index is 1.17. The van der Waals surface area contributed by atoms with Gasteiger partial charge in [0.15, 0.2) is 0 Å². The van der Waals surface area contributed by atoms with Crippen molar-refractivity contribution < 1.29 is 0 Å². The van der Waals surface area contributed by atoms with Crippen molar-refractivity contribution in [2.75, 3.05) is 5.75 Å². The van der Waals surface area contributed by atoms with Gasteiger partial charge in [0, 0.05) is 12.0 Å². The van der Waals surface area contributed by atoms with Crippen LogP contribution in [0, 0.1) is 0 Å². The lowest BCUT2D eigenvalue weighted by Crippen LogP contribution is -1.73. The molecule has 2 aromatic carbocycles. The van der Waals surface area contributed by atoms with E-state index in [-0.39, 0.29) is 0 Å². The molecular formula is C15H15NS. The van der Waals surface area contributed by atoms with Crippen LogP contribution in [-0.2, 0) is 0 Å². The molecule has 0 unspecified atom stereocenters. The zero-order valence-corrected chi connectivity index (χ0v) is 10.4. The highest BCUT2D eigenvalue weighted by molar-refractivity contribution is 7.98. The first-order valence-corrected chi connectivity index (χ1v) is 6.65. The largest absolute Gasteiger partial charge is 0.229 e. The molecule has 0 saturated heterocycles. The lowest BCUT2D eigenvalue weighted by molar-refractivity contribution is 1.39. The number of benzene rings is 2. The van der Waals surface area contributed by atoms with Crippen LogP contribution in [0.15, 0.2) is 65.1 Å². The second-order valence-corrected chi connectivity index (χ2v) is 4.52. The van der Waals surface area contributed by atoms with Crippen molar-refractivity contribution in [2.45, 2.75) is 6.42 Å². The van der Waals surface area contributed by atoms with Crippen molar-refractivity contribution >= 4 is 18.2 Å². The smallest absolute Gasteiger partial charge is 0.0202 e. The Labute approximate surface area is 107 Å². The Morgan fingerprint density at radius 1 is 0.765 bits per heavy atom. The second-order valence-electron chi connectivity index (χ2n) is 3.64. The summed E-state index contributed by atoms with van der Waals surface area (Å²) in [7, 11) is 0. The van der Waals surface area contributed by atoms with E-state index in [0.29, 0.717) is 0 Å². The Kier molecular flexibility index (Phi) is 4.86. The van der Waals surface area contributed by atoms with Gasteiger partial charge >= 0.3 is 0 Å². The number of hydrogen-bond acceptors (Lipinski definition) is 2. The second kappa shape index (κ2) is 6.92. The van der Waals surface area contributed by atoms with Gasteiger partial charge in [-0.05, 0) is 29.5 Å². The zero-order chi connectivity index (χ0) is 11.8. The highest BCUT2D eigenvalue weighted by Crippen LogP contribution is 2.17. The molecule has 0 saturated carbocycles. The van der Waals surface area contributed by atoms with E-state index in [1.807, 2.05) is 18.3 Å². The molecule has 86 valence electrons. The van der Waals surface area contributed by atoms with Crippen LogP contribution < -0.4 is 0 Å². The van der Waals surface area contributed by atoms with E-state index in [2.05, 4.69) is 52.9 Å². The number of nitrogens with zero attached hydrogens (tertiary/aromatic N) is 1. The standard InChI is InChI=1S/C12H10.C3H5NS/c1-3-7-11(8-4-1)12-9-5-2-6-10-12;1-2-4-5-3-1/h1-10H;2H,1,3H2. The summed E-state index contributed by atoms with van der Waals surface area (Å²) in [5.74, 6) is 1.19. The molecule has 0 atom stereocenters. The minimum absolute atomic E-state index is 1.17. The quantitative estimate of drug-likeness (QED) is 0.671. The summed E-state index contributed by atoms with van der Waals surface area (Å²) in [5, 5.41) is 0. The van der Waals surface area contributed by atoms with Crippen molar-refractivity contribution in [3.05, 3.63) is 60.7 Å². The SMILES string of the molecule is C1=NSCC1.c1ccc(-c2ccccc2)cc1. The van der Waals surface area contributed by atoms with Crippen molar-refractivity contribution in [1.82, 2.24) is 0 Å². The number of rotatable bonds is 1. The molecule has 0 amide bonds. The molecule has 1 aliphatic heterocycles. The van der Waals surface area contributed by atoms with E-state index in [1.165, 1.54) is 23.3 Å². The Hall–Kier alpha value is -1.54. The maximum atomic E-state index is 3.88. The van der Waals surface area contributed by atoms with Gasteiger partial charge in [-0.1, -0.05) is 60.7 Å². The summed E-state index contributed by atoms with van der Waals surface area (Å²) in [6.45, 7) is 0. The molecule has 0 spiro atoms. The maximum Gasteiger partial charge on any atom is 0.0202 e. The Bertz CT molecular complexity index is 407. The van der Waals surface area contributed by atoms with Crippen molar-refractivity contribution in [1.29, 1.82) is 0 Å². The average Bonchev–Trinajstić information content (AvgIpc) is 3.00. The van der Waals surface area contributed by atoms with Crippen molar-refractivity contribution in [2.24, 2.45) is 4.40 Å². The zero-order valence-electron chi connectivity index (χ0n) is 9.62. The molecule has 1 heterocycles. The molecule has 0 N–H and O–H groups in total. The first kappa shape index (κ1) is 11.9. The van der Waals surface area contributed by atoms with Gasteiger partial charge in [0.25, 0.3) is 0 Å². The van der Waals surface area contributed by atoms with Gasteiger partial charge < -0.3 is 0 Å². The molecule has 1 nitrogen and oxygen atoms in total. The van der Waals surface area contributed by atoms with E-state index in [4.69, 9.17) is 0 Å². The molecule has 1 aliphatic rings. The normalized spacial score (nSPS) is 12.9. The third-order valence-electron chi connectivity index (χ3n) is 2.37. The fourth-order valence-electron chi connectivity index (χ4n) is 1.52. The van der Waals surface area contributed by atoms with E-state index in [0.717, 1.165) is 0 Å².